The van der Waals surface area contributed by atoms with Crippen LogP contribution in [-0.4, -0.2) is 40.6 Å². The van der Waals surface area contributed by atoms with Gasteiger partial charge in [0.15, 0.2) is 11.5 Å². The van der Waals surface area contributed by atoms with Gasteiger partial charge in [-0.1, -0.05) is 51.2 Å². The topological polar surface area (TPSA) is 111 Å². The van der Waals surface area contributed by atoms with Crippen molar-refractivity contribution in [2.24, 2.45) is 0 Å². The van der Waals surface area contributed by atoms with Gasteiger partial charge in [-0.05, 0) is 48.7 Å². The molecular weight excluding hydrogens is 494 g/mol. The number of rotatable bonds is 13. The Hall–Kier alpha value is -4.14. The number of hydrogen-bond acceptors (Lipinski definition) is 6. The summed E-state index contributed by atoms with van der Waals surface area (Å²) in [5.74, 6) is 0.889. The molecule has 0 fully saturated rings. The Balaban J connectivity index is 1.68. The first-order chi connectivity index (χ1) is 19.0. The molecule has 4 rings (SSSR count). The number of aryl methyl sites for hydroxylation is 2. The van der Waals surface area contributed by atoms with Crippen LogP contribution in [0.5, 0.6) is 11.5 Å². The fraction of sp³-hybridized carbons (Fsp3) is 0.400. The van der Waals surface area contributed by atoms with Crippen LogP contribution in [0.25, 0.3) is 16.7 Å². The van der Waals surface area contributed by atoms with E-state index < -0.39 is 0 Å². The van der Waals surface area contributed by atoms with Gasteiger partial charge < -0.3 is 19.4 Å². The van der Waals surface area contributed by atoms with Gasteiger partial charge >= 0.3 is 0 Å². The average Bonchev–Trinajstić information content (AvgIpc) is 2.96. The van der Waals surface area contributed by atoms with E-state index in [1.54, 1.807) is 37.1 Å². The van der Waals surface area contributed by atoms with Gasteiger partial charge in [-0.2, -0.15) is 0 Å². The molecular formula is C30H37N5O4. The molecule has 0 aliphatic heterocycles. The predicted octanol–water partition coefficient (Wildman–Crippen LogP) is 4.48. The lowest BCUT2D eigenvalue weighted by atomic mass is 10.1. The van der Waals surface area contributed by atoms with E-state index in [0.29, 0.717) is 47.7 Å². The molecule has 0 bridgehead atoms. The summed E-state index contributed by atoms with van der Waals surface area (Å²) >= 11 is 0. The molecule has 3 heterocycles. The zero-order valence-electron chi connectivity index (χ0n) is 23.0. The summed E-state index contributed by atoms with van der Waals surface area (Å²) < 4.78 is 13.9. The van der Waals surface area contributed by atoms with Gasteiger partial charge in [-0.3, -0.25) is 19.4 Å². The van der Waals surface area contributed by atoms with Gasteiger partial charge in [0.2, 0.25) is 0 Å². The van der Waals surface area contributed by atoms with Crippen LogP contribution in [0.15, 0.2) is 53.5 Å². The first-order valence-corrected chi connectivity index (χ1v) is 13.6. The lowest BCUT2D eigenvalue weighted by Gasteiger charge is -2.15. The summed E-state index contributed by atoms with van der Waals surface area (Å²) in [6.45, 7) is 3.06. The third-order valence-electron chi connectivity index (χ3n) is 6.95. The zero-order valence-corrected chi connectivity index (χ0v) is 23.0. The standard InChI is InChI=1S/C30H37N5O4/c1-4-5-6-7-8-10-16-32-29(36)22-20-23-28(33-26-12-9-11-17-34(26)30(23)37)35(27(22)31)18-15-21-13-14-24(38-2)25(19-21)39-3/h9,11-14,17,19-20,31H,4-8,10,15-16,18H2,1-3H3,(H,32,36). The van der Waals surface area contributed by atoms with E-state index in [9.17, 15) is 9.59 Å². The molecule has 206 valence electrons. The minimum atomic E-state index is -0.354. The van der Waals surface area contributed by atoms with Crippen molar-refractivity contribution in [1.82, 2.24) is 19.3 Å². The minimum absolute atomic E-state index is 0.0237. The molecule has 1 aromatic carbocycles. The molecule has 9 nitrogen and oxygen atoms in total. The van der Waals surface area contributed by atoms with Crippen molar-refractivity contribution in [3.05, 3.63) is 75.6 Å². The quantitative estimate of drug-likeness (QED) is 0.195. The number of carbonyl (C=O) groups excluding carboxylic acids is 1. The maximum Gasteiger partial charge on any atom is 0.267 e. The summed E-state index contributed by atoms with van der Waals surface area (Å²) in [5, 5.41) is 12.2. The Morgan fingerprint density at radius 1 is 1.00 bits per heavy atom. The van der Waals surface area contributed by atoms with E-state index in [0.717, 1.165) is 24.8 Å². The van der Waals surface area contributed by atoms with Crippen LogP contribution in [0.4, 0.5) is 0 Å². The van der Waals surface area contributed by atoms with Gasteiger partial charge in [-0.15, -0.1) is 0 Å². The highest BCUT2D eigenvalue weighted by atomic mass is 16.5. The molecule has 9 heteroatoms. The number of nitrogens with zero attached hydrogens (tertiary/aromatic N) is 3. The Morgan fingerprint density at radius 2 is 1.77 bits per heavy atom. The van der Waals surface area contributed by atoms with Crippen LogP contribution in [-0.2, 0) is 13.0 Å². The third kappa shape index (κ3) is 6.30. The SMILES string of the molecule is CCCCCCCCNC(=O)c1cc2c(=O)n3ccccc3nc2n(CCc2ccc(OC)c(OC)c2)c1=N. The first kappa shape index (κ1) is 27.9. The minimum Gasteiger partial charge on any atom is -0.493 e. The number of benzene rings is 1. The molecule has 0 saturated heterocycles. The molecule has 39 heavy (non-hydrogen) atoms. The molecule has 0 spiro atoms. The summed E-state index contributed by atoms with van der Waals surface area (Å²) in [4.78, 5) is 31.3. The van der Waals surface area contributed by atoms with E-state index in [1.165, 1.54) is 29.7 Å². The van der Waals surface area contributed by atoms with Crippen molar-refractivity contribution in [3.63, 3.8) is 0 Å². The molecule has 4 aromatic rings. The van der Waals surface area contributed by atoms with Crippen LogP contribution in [0.1, 0.15) is 61.4 Å². The van der Waals surface area contributed by atoms with Gasteiger partial charge in [0.1, 0.15) is 16.8 Å². The van der Waals surface area contributed by atoms with Crippen molar-refractivity contribution in [1.29, 1.82) is 5.41 Å². The van der Waals surface area contributed by atoms with Crippen LogP contribution in [0.2, 0.25) is 0 Å². The van der Waals surface area contributed by atoms with E-state index in [4.69, 9.17) is 19.9 Å². The van der Waals surface area contributed by atoms with Crippen molar-refractivity contribution in [2.75, 3.05) is 20.8 Å². The van der Waals surface area contributed by atoms with E-state index in [1.807, 2.05) is 24.3 Å². The maximum absolute atomic E-state index is 13.4. The van der Waals surface area contributed by atoms with Crippen LogP contribution < -0.4 is 25.8 Å². The Labute approximate surface area is 227 Å². The van der Waals surface area contributed by atoms with E-state index >= 15 is 0 Å². The van der Waals surface area contributed by atoms with Crippen LogP contribution in [0.3, 0.4) is 0 Å². The molecule has 0 unspecified atom stereocenters. The fourth-order valence-electron chi connectivity index (χ4n) is 4.76. The predicted molar refractivity (Wildman–Crippen MR) is 152 cm³/mol. The van der Waals surface area contributed by atoms with Crippen LogP contribution in [0, 0.1) is 5.41 Å². The van der Waals surface area contributed by atoms with Crippen molar-refractivity contribution >= 4 is 22.6 Å². The second kappa shape index (κ2) is 13.1. The number of pyridine rings is 2. The maximum atomic E-state index is 13.4. The van der Waals surface area contributed by atoms with Crippen molar-refractivity contribution in [3.8, 4) is 11.5 Å². The molecule has 0 aliphatic carbocycles. The number of aromatic nitrogens is 3. The number of amides is 1. The lowest BCUT2D eigenvalue weighted by molar-refractivity contribution is 0.0950. The van der Waals surface area contributed by atoms with Gasteiger partial charge in [0, 0.05) is 19.3 Å². The second-order valence-corrected chi connectivity index (χ2v) is 9.60. The van der Waals surface area contributed by atoms with Crippen molar-refractivity contribution in [2.45, 2.75) is 58.4 Å². The number of hydrogen-bond donors (Lipinski definition) is 2. The normalized spacial score (nSPS) is 11.2. The molecule has 1 amide bonds. The molecule has 2 N–H and O–H groups in total. The Kier molecular flexibility index (Phi) is 9.35. The highest BCUT2D eigenvalue weighted by Gasteiger charge is 2.18. The van der Waals surface area contributed by atoms with E-state index in [2.05, 4.69) is 12.2 Å². The highest BCUT2D eigenvalue weighted by Crippen LogP contribution is 2.28. The van der Waals surface area contributed by atoms with Crippen molar-refractivity contribution < 1.29 is 14.3 Å². The van der Waals surface area contributed by atoms with Gasteiger partial charge in [0.25, 0.3) is 11.5 Å². The molecule has 0 radical (unpaired) electrons. The lowest BCUT2D eigenvalue weighted by Crippen LogP contribution is -2.35. The van der Waals surface area contributed by atoms with E-state index in [-0.39, 0.29) is 22.5 Å². The number of fused-ring (bicyclic) bond motifs is 2. The molecule has 0 saturated carbocycles. The number of ether oxygens (including phenoxy) is 2. The number of nitrogens with one attached hydrogen (secondary N) is 2. The largest absolute Gasteiger partial charge is 0.493 e. The average molecular weight is 532 g/mol. The molecule has 0 aliphatic rings. The summed E-state index contributed by atoms with van der Waals surface area (Å²) in [6, 6.07) is 12.5. The summed E-state index contributed by atoms with van der Waals surface area (Å²) in [6.07, 6.45) is 8.90. The van der Waals surface area contributed by atoms with Gasteiger partial charge in [-0.25, -0.2) is 4.98 Å². The third-order valence-corrected chi connectivity index (χ3v) is 6.95. The number of carbonyl (C=O) groups is 1. The molecule has 3 aromatic heterocycles. The number of unbranched alkanes of at least 4 members (excludes halogenated alkanes) is 5. The number of methoxy groups -OCH3 is 2. The summed E-state index contributed by atoms with van der Waals surface area (Å²) in [7, 11) is 3.17. The van der Waals surface area contributed by atoms with Crippen LogP contribution >= 0.6 is 0 Å². The highest BCUT2D eigenvalue weighted by molar-refractivity contribution is 5.96. The summed E-state index contributed by atoms with van der Waals surface area (Å²) in [5.41, 5.74) is 1.73. The first-order valence-electron chi connectivity index (χ1n) is 13.6. The Bertz CT molecular complexity index is 1570. The zero-order chi connectivity index (χ0) is 27.8. The Morgan fingerprint density at radius 3 is 2.54 bits per heavy atom. The second-order valence-electron chi connectivity index (χ2n) is 9.60. The fourth-order valence-corrected chi connectivity index (χ4v) is 4.76. The molecule has 0 atom stereocenters. The van der Waals surface area contributed by atoms with Gasteiger partial charge in [0.05, 0.1) is 25.2 Å². The smallest absolute Gasteiger partial charge is 0.267 e. The monoisotopic (exact) mass is 531 g/mol.